The molecule has 0 saturated carbocycles. The molecular formula is C20H23N7O2. The normalized spacial score (nSPS) is 15.2. The van der Waals surface area contributed by atoms with Crippen molar-refractivity contribution in [2.24, 2.45) is 0 Å². The summed E-state index contributed by atoms with van der Waals surface area (Å²) in [5.74, 6) is 0.403. The quantitative estimate of drug-likeness (QED) is 0.627. The Balaban J connectivity index is 1.28. The third kappa shape index (κ3) is 4.29. The second kappa shape index (κ2) is 8.17. The number of aromatic amines is 1. The first-order valence-electron chi connectivity index (χ1n) is 9.55. The predicted octanol–water partition coefficient (Wildman–Crippen LogP) is 1.82. The average molecular weight is 393 g/mol. The van der Waals surface area contributed by atoms with Crippen molar-refractivity contribution >= 4 is 34.5 Å². The van der Waals surface area contributed by atoms with Crippen LogP contribution in [0.4, 0.5) is 16.4 Å². The first-order valence-corrected chi connectivity index (χ1v) is 9.55. The number of nitrogens with zero attached hydrogens (tertiary/aromatic N) is 4. The van der Waals surface area contributed by atoms with Crippen LogP contribution < -0.4 is 15.5 Å². The molecule has 3 heterocycles. The van der Waals surface area contributed by atoms with Crippen LogP contribution in [0.2, 0.25) is 0 Å². The maximum absolute atomic E-state index is 12.5. The van der Waals surface area contributed by atoms with Crippen molar-refractivity contribution < 1.29 is 9.59 Å². The predicted molar refractivity (Wildman–Crippen MR) is 111 cm³/mol. The summed E-state index contributed by atoms with van der Waals surface area (Å²) < 4.78 is 0. The summed E-state index contributed by atoms with van der Waals surface area (Å²) in [6.45, 7) is 4.06. The number of anilines is 2. The molecule has 29 heavy (non-hydrogen) atoms. The molecule has 0 radical (unpaired) electrons. The van der Waals surface area contributed by atoms with Gasteiger partial charge in [0.05, 0.1) is 0 Å². The summed E-state index contributed by atoms with van der Waals surface area (Å²) in [4.78, 5) is 40.3. The van der Waals surface area contributed by atoms with Crippen molar-refractivity contribution in [3.05, 3.63) is 48.9 Å². The number of fused-ring (bicyclic) bond motifs is 1. The summed E-state index contributed by atoms with van der Waals surface area (Å²) in [5.41, 5.74) is 1.63. The Labute approximate surface area is 168 Å². The van der Waals surface area contributed by atoms with E-state index in [2.05, 4.69) is 25.6 Å². The molecule has 3 N–H and O–H groups in total. The number of piperazine rings is 1. The van der Waals surface area contributed by atoms with Gasteiger partial charge in [-0.3, -0.25) is 4.79 Å². The van der Waals surface area contributed by atoms with E-state index >= 15 is 0 Å². The maximum Gasteiger partial charge on any atom is 0.318 e. The van der Waals surface area contributed by atoms with Crippen molar-refractivity contribution in [2.45, 2.75) is 13.0 Å². The van der Waals surface area contributed by atoms with Gasteiger partial charge >= 0.3 is 6.03 Å². The zero-order valence-corrected chi connectivity index (χ0v) is 16.1. The van der Waals surface area contributed by atoms with E-state index in [-0.39, 0.29) is 11.9 Å². The molecule has 2 aromatic heterocycles. The van der Waals surface area contributed by atoms with Crippen molar-refractivity contribution in [3.63, 3.8) is 0 Å². The van der Waals surface area contributed by atoms with Crippen LogP contribution in [0.15, 0.2) is 48.9 Å². The van der Waals surface area contributed by atoms with Crippen LogP contribution in [0.25, 0.3) is 10.9 Å². The van der Waals surface area contributed by atoms with E-state index in [1.807, 2.05) is 35.4 Å². The highest BCUT2D eigenvalue weighted by molar-refractivity contribution is 5.98. The molecule has 0 bridgehead atoms. The SMILES string of the molecule is C[C@H](NC(=O)N1CCN(c2ncccn2)CC1)C(=O)Nc1ccc2cc[nH]c2c1. The lowest BCUT2D eigenvalue weighted by molar-refractivity contribution is -0.117. The number of hydrogen-bond acceptors (Lipinski definition) is 5. The fourth-order valence-electron chi connectivity index (χ4n) is 3.28. The molecule has 9 heteroatoms. The fraction of sp³-hybridized carbons (Fsp3) is 0.300. The lowest BCUT2D eigenvalue weighted by Gasteiger charge is -2.35. The standard InChI is InChI=1S/C20H23N7O2/c1-14(18(28)25-16-4-3-15-5-8-21-17(15)13-16)24-20(29)27-11-9-26(10-12-27)19-22-6-2-7-23-19/h2-8,13-14,21H,9-12H2,1H3,(H,24,29)(H,25,28)/t14-/m0/s1. The van der Waals surface area contributed by atoms with E-state index in [1.54, 1.807) is 30.3 Å². The van der Waals surface area contributed by atoms with Gasteiger partial charge in [0.1, 0.15) is 6.04 Å². The molecule has 3 aromatic rings. The van der Waals surface area contributed by atoms with Crippen LogP contribution in [0, 0.1) is 0 Å². The lowest BCUT2D eigenvalue weighted by Crippen LogP contribution is -2.55. The molecule has 9 nitrogen and oxygen atoms in total. The Kier molecular flexibility index (Phi) is 5.28. The molecule has 1 saturated heterocycles. The number of aromatic nitrogens is 3. The topological polar surface area (TPSA) is 106 Å². The van der Waals surface area contributed by atoms with Crippen molar-refractivity contribution in [2.75, 3.05) is 36.4 Å². The van der Waals surface area contributed by atoms with Gasteiger partial charge in [-0.15, -0.1) is 0 Å². The number of rotatable bonds is 4. The molecule has 0 unspecified atom stereocenters. The monoisotopic (exact) mass is 393 g/mol. The minimum absolute atomic E-state index is 0.249. The van der Waals surface area contributed by atoms with Gasteiger partial charge < -0.3 is 25.4 Å². The number of urea groups is 1. The second-order valence-electron chi connectivity index (χ2n) is 6.96. The number of benzene rings is 1. The lowest BCUT2D eigenvalue weighted by atomic mass is 10.2. The zero-order valence-electron chi connectivity index (χ0n) is 16.1. The van der Waals surface area contributed by atoms with Crippen molar-refractivity contribution in [3.8, 4) is 0 Å². The van der Waals surface area contributed by atoms with E-state index in [4.69, 9.17) is 0 Å². The molecule has 1 atom stereocenters. The largest absolute Gasteiger partial charge is 0.361 e. The van der Waals surface area contributed by atoms with E-state index < -0.39 is 6.04 Å². The second-order valence-corrected chi connectivity index (χ2v) is 6.96. The molecule has 1 fully saturated rings. The number of nitrogens with one attached hydrogen (secondary N) is 3. The highest BCUT2D eigenvalue weighted by atomic mass is 16.2. The average Bonchev–Trinajstić information content (AvgIpc) is 3.22. The molecule has 1 aliphatic rings. The Morgan fingerprint density at radius 1 is 1.10 bits per heavy atom. The van der Waals surface area contributed by atoms with Crippen molar-refractivity contribution in [1.29, 1.82) is 0 Å². The summed E-state index contributed by atoms with van der Waals surface area (Å²) in [6.07, 6.45) is 5.26. The van der Waals surface area contributed by atoms with Crippen LogP contribution >= 0.6 is 0 Å². The summed E-state index contributed by atoms with van der Waals surface area (Å²) >= 11 is 0. The van der Waals surface area contributed by atoms with Gasteiger partial charge in [0.2, 0.25) is 11.9 Å². The Hall–Kier alpha value is -3.62. The molecule has 1 aliphatic heterocycles. The van der Waals surface area contributed by atoms with Gasteiger partial charge in [0, 0.05) is 56.0 Å². The first-order chi connectivity index (χ1) is 14.1. The van der Waals surface area contributed by atoms with Gasteiger partial charge in [-0.1, -0.05) is 6.07 Å². The van der Waals surface area contributed by atoms with Crippen LogP contribution in [-0.4, -0.2) is 64.0 Å². The summed E-state index contributed by atoms with van der Waals surface area (Å²) in [6, 6.07) is 8.47. The van der Waals surface area contributed by atoms with Crippen LogP contribution in [0.1, 0.15) is 6.92 Å². The van der Waals surface area contributed by atoms with Gasteiger partial charge in [0.25, 0.3) is 0 Å². The van der Waals surface area contributed by atoms with Gasteiger partial charge in [-0.2, -0.15) is 0 Å². The third-order valence-electron chi connectivity index (χ3n) is 4.96. The van der Waals surface area contributed by atoms with Gasteiger partial charge in [0.15, 0.2) is 0 Å². The Morgan fingerprint density at radius 2 is 1.86 bits per heavy atom. The molecule has 150 valence electrons. The maximum atomic E-state index is 12.5. The number of hydrogen-bond donors (Lipinski definition) is 3. The van der Waals surface area contributed by atoms with Crippen molar-refractivity contribution in [1.82, 2.24) is 25.2 Å². The fourth-order valence-corrected chi connectivity index (χ4v) is 3.28. The highest BCUT2D eigenvalue weighted by Gasteiger charge is 2.25. The minimum Gasteiger partial charge on any atom is -0.361 e. The third-order valence-corrected chi connectivity index (χ3v) is 4.96. The number of amides is 3. The molecule has 1 aromatic carbocycles. The van der Waals surface area contributed by atoms with Crippen LogP contribution in [0.3, 0.4) is 0 Å². The van der Waals surface area contributed by atoms with E-state index in [0.717, 1.165) is 10.9 Å². The zero-order chi connectivity index (χ0) is 20.2. The Morgan fingerprint density at radius 3 is 2.62 bits per heavy atom. The summed E-state index contributed by atoms with van der Waals surface area (Å²) in [5, 5.41) is 6.69. The van der Waals surface area contributed by atoms with E-state index in [0.29, 0.717) is 37.8 Å². The minimum atomic E-state index is -0.655. The molecular weight excluding hydrogens is 370 g/mol. The van der Waals surface area contributed by atoms with Gasteiger partial charge in [-0.05, 0) is 36.6 Å². The first kappa shape index (κ1) is 18.7. The van der Waals surface area contributed by atoms with Crippen LogP contribution in [-0.2, 0) is 4.79 Å². The summed E-state index contributed by atoms with van der Waals surface area (Å²) in [7, 11) is 0. The van der Waals surface area contributed by atoms with E-state index in [1.165, 1.54) is 0 Å². The molecule has 3 amide bonds. The Bertz CT molecular complexity index is 996. The van der Waals surface area contributed by atoms with E-state index in [9.17, 15) is 9.59 Å². The molecule has 0 spiro atoms. The number of carbonyl (C=O) groups excluding carboxylic acids is 2. The molecule has 0 aliphatic carbocycles. The number of H-pyrrole nitrogens is 1. The highest BCUT2D eigenvalue weighted by Crippen LogP contribution is 2.17. The number of carbonyl (C=O) groups is 2. The molecule has 4 rings (SSSR count). The van der Waals surface area contributed by atoms with Crippen LogP contribution in [0.5, 0.6) is 0 Å². The smallest absolute Gasteiger partial charge is 0.318 e. The van der Waals surface area contributed by atoms with Gasteiger partial charge in [-0.25, -0.2) is 14.8 Å².